The van der Waals surface area contributed by atoms with Crippen LogP contribution in [-0.4, -0.2) is 15.3 Å². The van der Waals surface area contributed by atoms with Gasteiger partial charge in [0.05, 0.1) is 5.56 Å². The summed E-state index contributed by atoms with van der Waals surface area (Å²) in [5.74, 6) is 1.02. The number of rotatable bonds is 1. The zero-order valence-corrected chi connectivity index (χ0v) is 17.6. The van der Waals surface area contributed by atoms with Gasteiger partial charge in [-0.05, 0) is 85.9 Å². The van der Waals surface area contributed by atoms with E-state index in [0.29, 0.717) is 17.3 Å². The van der Waals surface area contributed by atoms with Gasteiger partial charge in [-0.25, -0.2) is 4.79 Å². The van der Waals surface area contributed by atoms with Gasteiger partial charge in [-0.3, -0.25) is 0 Å². The van der Waals surface area contributed by atoms with Gasteiger partial charge in [-0.2, -0.15) is 0 Å². The first-order valence-corrected chi connectivity index (χ1v) is 11.5. The Morgan fingerprint density at radius 2 is 1.59 bits per heavy atom. The minimum atomic E-state index is -1.09. The molecule has 4 aliphatic rings. The molecule has 0 aliphatic heterocycles. The summed E-state index contributed by atoms with van der Waals surface area (Å²) in [7, 11) is 0. The van der Waals surface area contributed by atoms with Crippen LogP contribution in [0.2, 0.25) is 0 Å². The molecule has 160 valence electrons. The van der Waals surface area contributed by atoms with E-state index < -0.39 is 23.1 Å². The lowest BCUT2D eigenvalue weighted by Crippen LogP contribution is -2.52. The molecule has 0 radical (unpaired) electrons. The van der Waals surface area contributed by atoms with E-state index in [2.05, 4.69) is 13.8 Å². The van der Waals surface area contributed by atoms with Gasteiger partial charge < -0.3 is 19.7 Å². The molecule has 0 aromatic carbocycles. The molecular weight excluding hydrogens is 368 g/mol. The van der Waals surface area contributed by atoms with Crippen LogP contribution in [0.25, 0.3) is 0 Å². The molecule has 29 heavy (non-hydrogen) atoms. The lowest BCUT2D eigenvalue weighted by Gasteiger charge is -2.60. The van der Waals surface area contributed by atoms with E-state index in [1.165, 1.54) is 44.9 Å². The maximum absolute atomic E-state index is 11.6. The lowest BCUT2D eigenvalue weighted by molar-refractivity contribution is -0.106. The molecule has 2 unspecified atom stereocenters. The predicted octanol–water partition coefficient (Wildman–Crippen LogP) is 5.27. The predicted molar refractivity (Wildman–Crippen MR) is 109 cm³/mol. The zero-order valence-electron chi connectivity index (χ0n) is 17.6. The van der Waals surface area contributed by atoms with Crippen molar-refractivity contribution >= 4 is 0 Å². The van der Waals surface area contributed by atoms with E-state index in [9.17, 15) is 20.1 Å². The lowest BCUT2D eigenvalue weighted by atomic mass is 9.44. The number of hydrogen-bond acceptors (Lipinski definition) is 5. The molecule has 7 atom stereocenters. The van der Waals surface area contributed by atoms with Crippen molar-refractivity contribution in [3.63, 3.8) is 0 Å². The van der Waals surface area contributed by atoms with Crippen molar-refractivity contribution in [3.8, 4) is 17.4 Å². The van der Waals surface area contributed by atoms with Crippen molar-refractivity contribution in [1.82, 2.24) is 0 Å². The second kappa shape index (κ2) is 6.42. The summed E-state index contributed by atoms with van der Waals surface area (Å²) in [4.78, 5) is 11.6. The Morgan fingerprint density at radius 3 is 2.38 bits per heavy atom. The van der Waals surface area contributed by atoms with Crippen LogP contribution in [0.3, 0.4) is 0 Å². The Morgan fingerprint density at radius 1 is 0.828 bits per heavy atom. The molecule has 4 aliphatic carbocycles. The minimum absolute atomic E-state index is 0.0552. The quantitative estimate of drug-likeness (QED) is 0.595. The highest BCUT2D eigenvalue weighted by molar-refractivity contribution is 5.49. The van der Waals surface area contributed by atoms with Crippen molar-refractivity contribution < 1.29 is 19.7 Å². The molecule has 1 heterocycles. The third-order valence-electron chi connectivity index (χ3n) is 10.0. The molecule has 5 rings (SSSR count). The average Bonchev–Trinajstić information content (AvgIpc) is 3.03. The topological polar surface area (TPSA) is 90.9 Å². The summed E-state index contributed by atoms with van der Waals surface area (Å²) in [6, 6.07) is 0. The average molecular weight is 403 g/mol. The summed E-state index contributed by atoms with van der Waals surface area (Å²) in [6.07, 6.45) is 12.3. The van der Waals surface area contributed by atoms with Crippen molar-refractivity contribution in [2.75, 3.05) is 0 Å². The first-order valence-electron chi connectivity index (χ1n) is 11.5. The summed E-state index contributed by atoms with van der Waals surface area (Å²) in [5, 5.41) is 30.8. The van der Waals surface area contributed by atoms with E-state index >= 15 is 0 Å². The van der Waals surface area contributed by atoms with E-state index in [-0.39, 0.29) is 16.9 Å². The fourth-order valence-electron chi connectivity index (χ4n) is 8.60. The van der Waals surface area contributed by atoms with Crippen molar-refractivity contribution in [2.45, 2.75) is 84.0 Å². The van der Waals surface area contributed by atoms with Crippen LogP contribution in [0.4, 0.5) is 0 Å². The highest BCUT2D eigenvalue weighted by Gasteiger charge is 2.60. The molecule has 4 fully saturated rings. The Hall–Kier alpha value is -1.65. The van der Waals surface area contributed by atoms with Crippen LogP contribution in [0.5, 0.6) is 17.4 Å². The standard InChI is InChI=1S/C24H34O5/c1-23-11-4-3-5-13(23)6-7-14-15-8-9-17(24(15,2)12-10-16(14)23)18-19(25)20(26)22(28)29-21(18)27/h13-17,25-27H,3-12H2,1-2H3/t13?,14-,15-,16-,17?,23-,24-/m0/s1. The smallest absolute Gasteiger partial charge is 0.385 e. The maximum Gasteiger partial charge on any atom is 0.385 e. The molecular formula is C24H34O5. The molecule has 5 nitrogen and oxygen atoms in total. The molecule has 0 spiro atoms. The summed E-state index contributed by atoms with van der Waals surface area (Å²) >= 11 is 0. The van der Waals surface area contributed by atoms with Crippen LogP contribution >= 0.6 is 0 Å². The van der Waals surface area contributed by atoms with Gasteiger partial charge in [0.25, 0.3) is 5.95 Å². The Balaban J connectivity index is 1.50. The van der Waals surface area contributed by atoms with Gasteiger partial charge >= 0.3 is 5.63 Å². The SMILES string of the molecule is C[C@]12CCCCC1CC[C@@H]1[C@@H]2CC[C@]2(C)C(c3c(O)oc(=O)c(O)c3O)CC[C@@H]12. The highest BCUT2D eigenvalue weighted by Crippen LogP contribution is 2.70. The molecule has 4 saturated carbocycles. The third-order valence-corrected chi connectivity index (χ3v) is 10.0. The zero-order chi connectivity index (χ0) is 20.6. The van der Waals surface area contributed by atoms with Crippen LogP contribution in [0.15, 0.2) is 9.21 Å². The summed E-state index contributed by atoms with van der Waals surface area (Å²) < 4.78 is 4.84. The number of aromatic hydroxyl groups is 3. The summed E-state index contributed by atoms with van der Waals surface area (Å²) in [5.41, 5.74) is -0.429. The van der Waals surface area contributed by atoms with Gasteiger partial charge in [0.2, 0.25) is 5.75 Å². The van der Waals surface area contributed by atoms with Crippen LogP contribution < -0.4 is 5.63 Å². The molecule has 0 amide bonds. The summed E-state index contributed by atoms with van der Waals surface area (Å²) in [6.45, 7) is 4.85. The largest absolute Gasteiger partial charge is 0.504 e. The van der Waals surface area contributed by atoms with Gasteiger partial charge in [0, 0.05) is 5.92 Å². The fraction of sp³-hybridized carbons (Fsp3) is 0.792. The van der Waals surface area contributed by atoms with Crippen molar-refractivity contribution in [2.24, 2.45) is 34.5 Å². The second-order valence-corrected chi connectivity index (χ2v) is 10.9. The molecule has 3 N–H and O–H groups in total. The Kier molecular flexibility index (Phi) is 4.28. The Labute approximate surface area is 172 Å². The van der Waals surface area contributed by atoms with E-state index in [0.717, 1.165) is 31.1 Å². The monoisotopic (exact) mass is 402 g/mol. The van der Waals surface area contributed by atoms with E-state index in [1.807, 2.05) is 0 Å². The molecule has 0 bridgehead atoms. The molecule has 0 saturated heterocycles. The maximum atomic E-state index is 11.6. The normalized spacial score (nSPS) is 44.0. The first kappa shape index (κ1) is 19.3. The van der Waals surface area contributed by atoms with Crippen LogP contribution in [0.1, 0.15) is 89.5 Å². The van der Waals surface area contributed by atoms with Crippen LogP contribution in [-0.2, 0) is 0 Å². The molecule has 5 heteroatoms. The first-order chi connectivity index (χ1) is 13.8. The van der Waals surface area contributed by atoms with Gasteiger partial charge in [0.1, 0.15) is 0 Å². The van der Waals surface area contributed by atoms with Gasteiger partial charge in [-0.15, -0.1) is 0 Å². The number of fused-ring (bicyclic) bond motifs is 5. The third kappa shape index (κ3) is 2.55. The number of hydrogen-bond donors (Lipinski definition) is 3. The molecule has 1 aromatic rings. The van der Waals surface area contributed by atoms with Gasteiger partial charge in [0.15, 0.2) is 5.75 Å². The minimum Gasteiger partial charge on any atom is -0.504 e. The fourth-order valence-corrected chi connectivity index (χ4v) is 8.60. The van der Waals surface area contributed by atoms with E-state index in [1.54, 1.807) is 0 Å². The molecule has 1 aromatic heterocycles. The Bertz CT molecular complexity index is 875. The van der Waals surface area contributed by atoms with Crippen LogP contribution in [0, 0.1) is 34.5 Å². The van der Waals surface area contributed by atoms with E-state index in [4.69, 9.17) is 4.42 Å². The second-order valence-electron chi connectivity index (χ2n) is 10.9. The van der Waals surface area contributed by atoms with Gasteiger partial charge in [-0.1, -0.05) is 26.7 Å². The van der Waals surface area contributed by atoms with Crippen molar-refractivity contribution in [1.29, 1.82) is 0 Å². The highest BCUT2D eigenvalue weighted by atomic mass is 16.5. The van der Waals surface area contributed by atoms with Crippen molar-refractivity contribution in [3.05, 3.63) is 16.0 Å².